The number of hydrogen-bond donors (Lipinski definition) is 0. The molecule has 0 spiro atoms. The average Bonchev–Trinajstić information content (AvgIpc) is 2.95. The van der Waals surface area contributed by atoms with Crippen LogP contribution in [-0.2, 0) is 18.0 Å². The molecule has 0 saturated carbocycles. The molecule has 1 amide bonds. The number of carbonyl (C=O) groups is 1. The van der Waals surface area contributed by atoms with Gasteiger partial charge in [0.2, 0.25) is 0 Å². The van der Waals surface area contributed by atoms with Crippen LogP contribution in [0.1, 0.15) is 27.9 Å². The van der Waals surface area contributed by atoms with E-state index in [0.717, 1.165) is 24.1 Å². The van der Waals surface area contributed by atoms with E-state index < -0.39 is 0 Å². The first kappa shape index (κ1) is 11.1. The van der Waals surface area contributed by atoms with Gasteiger partial charge in [-0.1, -0.05) is 6.07 Å². The Hall–Kier alpha value is -1.06. The topological polar surface area (TPSA) is 29.5 Å². The highest BCUT2D eigenvalue weighted by Gasteiger charge is 2.26. The fraction of sp³-hybridized carbons (Fsp3) is 0.462. The maximum Gasteiger partial charge on any atom is 0.253 e. The zero-order valence-corrected chi connectivity index (χ0v) is 10.2. The summed E-state index contributed by atoms with van der Waals surface area (Å²) in [6.07, 6.45) is 0.890. The minimum absolute atomic E-state index is 0.0860. The average molecular weight is 252 g/mol. The van der Waals surface area contributed by atoms with Crippen molar-refractivity contribution in [2.75, 3.05) is 13.1 Å². The zero-order chi connectivity index (χ0) is 11.8. The lowest BCUT2D eigenvalue weighted by atomic mass is 10.1. The second-order valence-corrected chi connectivity index (χ2v) is 5.23. The number of rotatable bonds is 1. The van der Waals surface area contributed by atoms with Gasteiger partial charge in [-0.15, -0.1) is 11.6 Å². The number of amides is 1. The predicted molar refractivity (Wildman–Crippen MR) is 65.1 cm³/mol. The van der Waals surface area contributed by atoms with Crippen molar-refractivity contribution < 1.29 is 9.53 Å². The van der Waals surface area contributed by atoms with Gasteiger partial charge in [-0.25, -0.2) is 0 Å². The van der Waals surface area contributed by atoms with E-state index in [1.807, 2.05) is 23.1 Å². The van der Waals surface area contributed by atoms with Crippen LogP contribution in [0.5, 0.6) is 0 Å². The first-order valence-corrected chi connectivity index (χ1v) is 6.30. The van der Waals surface area contributed by atoms with Crippen molar-refractivity contribution in [3.05, 3.63) is 34.9 Å². The van der Waals surface area contributed by atoms with E-state index in [1.54, 1.807) is 0 Å². The first-order chi connectivity index (χ1) is 8.24. The van der Waals surface area contributed by atoms with E-state index >= 15 is 0 Å². The molecule has 0 aliphatic carbocycles. The van der Waals surface area contributed by atoms with E-state index in [2.05, 4.69) is 0 Å². The van der Waals surface area contributed by atoms with Crippen LogP contribution in [0.25, 0.3) is 0 Å². The summed E-state index contributed by atoms with van der Waals surface area (Å²) in [4.78, 5) is 14.0. The maximum absolute atomic E-state index is 12.2. The molecule has 2 aliphatic heterocycles. The lowest BCUT2D eigenvalue weighted by molar-refractivity contribution is 0.0793. The van der Waals surface area contributed by atoms with Crippen molar-refractivity contribution >= 4 is 17.5 Å². The second kappa shape index (κ2) is 4.31. The molecule has 1 unspecified atom stereocenters. The van der Waals surface area contributed by atoms with Crippen LogP contribution < -0.4 is 0 Å². The van der Waals surface area contributed by atoms with Gasteiger partial charge in [0, 0.05) is 18.7 Å². The Morgan fingerprint density at radius 3 is 2.94 bits per heavy atom. The Morgan fingerprint density at radius 1 is 1.35 bits per heavy atom. The number of likely N-dealkylation sites (tertiary alicyclic amines) is 1. The summed E-state index contributed by atoms with van der Waals surface area (Å²) in [6, 6.07) is 5.83. The van der Waals surface area contributed by atoms with Gasteiger partial charge in [0.1, 0.15) is 0 Å². The summed E-state index contributed by atoms with van der Waals surface area (Å²) in [5, 5.41) is 0.108. The van der Waals surface area contributed by atoms with Crippen LogP contribution in [0, 0.1) is 0 Å². The number of fused-ring (bicyclic) bond motifs is 1. The van der Waals surface area contributed by atoms with Crippen molar-refractivity contribution in [1.29, 1.82) is 0 Å². The molecule has 17 heavy (non-hydrogen) atoms. The van der Waals surface area contributed by atoms with Crippen molar-refractivity contribution in [2.45, 2.75) is 25.0 Å². The summed E-state index contributed by atoms with van der Waals surface area (Å²) in [6.45, 7) is 2.71. The lowest BCUT2D eigenvalue weighted by Gasteiger charge is -2.15. The molecule has 4 heteroatoms. The zero-order valence-electron chi connectivity index (χ0n) is 9.49. The number of nitrogens with zero attached hydrogens (tertiary/aromatic N) is 1. The van der Waals surface area contributed by atoms with Crippen molar-refractivity contribution in [3.63, 3.8) is 0 Å². The lowest BCUT2D eigenvalue weighted by Crippen LogP contribution is -2.28. The molecule has 1 aromatic carbocycles. The molecule has 1 aromatic rings. The third-order valence-electron chi connectivity index (χ3n) is 3.39. The van der Waals surface area contributed by atoms with Crippen molar-refractivity contribution in [2.24, 2.45) is 0 Å². The van der Waals surface area contributed by atoms with Gasteiger partial charge in [-0.05, 0) is 29.7 Å². The Balaban J connectivity index is 1.82. The third-order valence-corrected chi connectivity index (χ3v) is 3.74. The standard InChI is InChI=1S/C13H14ClNO2/c14-12-3-4-15(6-12)13(16)9-1-2-10-7-17-8-11(10)5-9/h1-2,5,12H,3-4,6-8H2. The quantitative estimate of drug-likeness (QED) is 0.716. The molecular formula is C13H14ClNO2. The Morgan fingerprint density at radius 2 is 2.18 bits per heavy atom. The van der Waals surface area contributed by atoms with Gasteiger partial charge in [0.05, 0.1) is 18.6 Å². The highest BCUT2D eigenvalue weighted by molar-refractivity contribution is 6.21. The van der Waals surface area contributed by atoms with Gasteiger partial charge in [-0.3, -0.25) is 4.79 Å². The fourth-order valence-corrected chi connectivity index (χ4v) is 2.65. The Kier molecular flexibility index (Phi) is 2.81. The molecule has 3 nitrogen and oxygen atoms in total. The SMILES string of the molecule is O=C(c1ccc2c(c1)COC2)N1CCC(Cl)C1. The molecule has 90 valence electrons. The molecule has 2 aliphatic rings. The molecule has 3 rings (SSSR count). The number of benzene rings is 1. The summed E-state index contributed by atoms with van der Waals surface area (Å²) >= 11 is 6.02. The largest absolute Gasteiger partial charge is 0.372 e. The van der Waals surface area contributed by atoms with Gasteiger partial charge in [-0.2, -0.15) is 0 Å². The van der Waals surface area contributed by atoms with Crippen LogP contribution in [0.15, 0.2) is 18.2 Å². The van der Waals surface area contributed by atoms with E-state index in [-0.39, 0.29) is 11.3 Å². The van der Waals surface area contributed by atoms with Crippen molar-refractivity contribution in [3.8, 4) is 0 Å². The van der Waals surface area contributed by atoms with Gasteiger partial charge >= 0.3 is 0 Å². The van der Waals surface area contributed by atoms with Crippen LogP contribution in [0.4, 0.5) is 0 Å². The van der Waals surface area contributed by atoms with E-state index in [1.165, 1.54) is 5.56 Å². The number of carbonyl (C=O) groups excluding carboxylic acids is 1. The third kappa shape index (κ3) is 2.05. The highest BCUT2D eigenvalue weighted by Crippen LogP contribution is 2.23. The van der Waals surface area contributed by atoms with Gasteiger partial charge in [0.15, 0.2) is 0 Å². The molecule has 1 atom stereocenters. The van der Waals surface area contributed by atoms with Crippen molar-refractivity contribution in [1.82, 2.24) is 4.90 Å². The molecular weight excluding hydrogens is 238 g/mol. The molecule has 0 N–H and O–H groups in total. The van der Waals surface area contributed by atoms with Crippen LogP contribution in [0.2, 0.25) is 0 Å². The number of halogens is 1. The minimum Gasteiger partial charge on any atom is -0.372 e. The van der Waals surface area contributed by atoms with Crippen LogP contribution in [0.3, 0.4) is 0 Å². The first-order valence-electron chi connectivity index (χ1n) is 5.87. The van der Waals surface area contributed by atoms with E-state index in [0.29, 0.717) is 19.8 Å². The fourth-order valence-electron chi connectivity index (χ4n) is 2.39. The van der Waals surface area contributed by atoms with Crippen LogP contribution >= 0.6 is 11.6 Å². The summed E-state index contributed by atoms with van der Waals surface area (Å²) in [5.41, 5.74) is 3.08. The summed E-state index contributed by atoms with van der Waals surface area (Å²) in [7, 11) is 0. The number of ether oxygens (including phenoxy) is 1. The van der Waals surface area contributed by atoms with Gasteiger partial charge in [0.25, 0.3) is 5.91 Å². The number of alkyl halides is 1. The smallest absolute Gasteiger partial charge is 0.253 e. The Bertz CT molecular complexity index is 461. The monoisotopic (exact) mass is 251 g/mol. The molecule has 0 aromatic heterocycles. The minimum atomic E-state index is 0.0860. The molecule has 2 heterocycles. The van der Waals surface area contributed by atoms with Gasteiger partial charge < -0.3 is 9.64 Å². The predicted octanol–water partition coefficient (Wildman–Crippen LogP) is 2.17. The van der Waals surface area contributed by atoms with E-state index in [4.69, 9.17) is 16.3 Å². The molecule has 1 saturated heterocycles. The summed E-state index contributed by atoms with van der Waals surface area (Å²) in [5.74, 6) is 0.0860. The number of hydrogen-bond acceptors (Lipinski definition) is 2. The normalized spacial score (nSPS) is 22.9. The maximum atomic E-state index is 12.2. The van der Waals surface area contributed by atoms with Crippen LogP contribution in [-0.4, -0.2) is 29.3 Å². The Labute approximate surface area is 105 Å². The summed E-state index contributed by atoms with van der Waals surface area (Å²) < 4.78 is 5.35. The molecule has 0 bridgehead atoms. The molecule has 1 fully saturated rings. The second-order valence-electron chi connectivity index (χ2n) is 4.61. The molecule has 0 radical (unpaired) electrons. The van der Waals surface area contributed by atoms with E-state index in [9.17, 15) is 4.79 Å². The highest BCUT2D eigenvalue weighted by atomic mass is 35.5.